The summed E-state index contributed by atoms with van der Waals surface area (Å²) in [6.07, 6.45) is -2.39. The molecule has 0 saturated carbocycles. The van der Waals surface area contributed by atoms with Crippen molar-refractivity contribution >= 4 is 18.0 Å². The lowest BCUT2D eigenvalue weighted by molar-refractivity contribution is -1.05. The minimum atomic E-state index is -2.36. The summed E-state index contributed by atoms with van der Waals surface area (Å²) in [4.78, 5) is 46.3. The van der Waals surface area contributed by atoms with E-state index >= 15 is 0 Å². The van der Waals surface area contributed by atoms with Gasteiger partial charge in [0.25, 0.3) is 0 Å². The lowest BCUT2D eigenvalue weighted by atomic mass is 9.80. The molecule has 5 aromatic carbocycles. The summed E-state index contributed by atoms with van der Waals surface area (Å²) in [7, 11) is 2.64. The summed E-state index contributed by atoms with van der Waals surface area (Å²) in [5.74, 6) is -4.70. The van der Waals surface area contributed by atoms with Gasteiger partial charge in [0, 0.05) is 33.0 Å². The summed E-state index contributed by atoms with van der Waals surface area (Å²) in [6.45, 7) is 0.406. The number of benzene rings is 5. The molecule has 57 heavy (non-hydrogen) atoms. The molecule has 0 radical (unpaired) electrons. The summed E-state index contributed by atoms with van der Waals surface area (Å²) in [6, 6.07) is 44.4. The van der Waals surface area contributed by atoms with Gasteiger partial charge in [-0.15, -0.1) is 4.84 Å². The van der Waals surface area contributed by atoms with E-state index in [0.29, 0.717) is 29.5 Å². The minimum Gasteiger partial charge on any atom is -0.481 e. The van der Waals surface area contributed by atoms with Crippen LogP contribution in [-0.2, 0) is 43.7 Å². The number of fused-ring (bicyclic) bond motifs is 3. The number of hydrogen-bond acceptors (Lipinski definition) is 9. The highest BCUT2D eigenvalue weighted by Crippen LogP contribution is 2.47. The van der Waals surface area contributed by atoms with E-state index < -0.39 is 53.4 Å². The molecule has 1 fully saturated rings. The zero-order chi connectivity index (χ0) is 39.9. The van der Waals surface area contributed by atoms with Crippen LogP contribution in [0.15, 0.2) is 140 Å². The van der Waals surface area contributed by atoms with Crippen LogP contribution in [0.25, 0.3) is 11.1 Å². The van der Waals surface area contributed by atoms with E-state index in [0.717, 1.165) is 22.3 Å². The average Bonchev–Trinajstić information content (AvgIpc) is 3.87. The molecule has 1 saturated heterocycles. The third kappa shape index (κ3) is 7.85. The zero-order valence-corrected chi connectivity index (χ0v) is 32.0. The summed E-state index contributed by atoms with van der Waals surface area (Å²) in [5, 5.41) is 9.42. The summed E-state index contributed by atoms with van der Waals surface area (Å²) < 4.78 is 30.9. The van der Waals surface area contributed by atoms with Crippen molar-refractivity contribution in [2.75, 3.05) is 33.9 Å². The van der Waals surface area contributed by atoms with Crippen molar-refractivity contribution < 1.29 is 52.7 Å². The highest BCUT2D eigenvalue weighted by atomic mass is 16.9. The molecule has 1 atom stereocenters. The molecule has 0 bridgehead atoms. The van der Waals surface area contributed by atoms with Crippen molar-refractivity contribution in [1.82, 2.24) is 0 Å². The molecule has 1 heterocycles. The van der Waals surface area contributed by atoms with Gasteiger partial charge >= 0.3 is 30.3 Å². The molecule has 0 aromatic heterocycles. The number of methoxy groups -OCH3 is 2. The number of carbonyl (C=O) groups excluding carboxylic acids is 2. The van der Waals surface area contributed by atoms with Gasteiger partial charge in [0.1, 0.15) is 25.3 Å². The fourth-order valence-electron chi connectivity index (χ4n) is 7.93. The number of hydroxylamine groups is 3. The first kappa shape index (κ1) is 39.5. The van der Waals surface area contributed by atoms with E-state index in [9.17, 15) is 19.5 Å². The number of nitrogens with zero attached hydrogens (tertiary/aromatic N) is 1. The van der Waals surface area contributed by atoms with Crippen LogP contribution in [0.2, 0.25) is 0 Å². The Bertz CT molecular complexity index is 2010. The van der Waals surface area contributed by atoms with Crippen LogP contribution in [0, 0.1) is 0 Å². The maximum Gasteiger partial charge on any atom is 0.549 e. The number of ether oxygens (including phenoxy) is 5. The zero-order valence-electron chi connectivity index (χ0n) is 32.0. The minimum absolute atomic E-state index is 0.0363. The van der Waals surface area contributed by atoms with Crippen LogP contribution >= 0.6 is 0 Å². The van der Waals surface area contributed by atoms with Crippen LogP contribution in [0.4, 0.5) is 4.79 Å². The number of carboxylic acid groups (broad SMARTS) is 1. The first-order valence-corrected chi connectivity index (χ1v) is 19.0. The first-order valence-electron chi connectivity index (χ1n) is 19.0. The largest absolute Gasteiger partial charge is 0.549 e. The lowest BCUT2D eigenvalue weighted by Crippen LogP contribution is -2.62. The van der Waals surface area contributed by atoms with Crippen molar-refractivity contribution in [3.05, 3.63) is 167 Å². The maximum atomic E-state index is 14.5. The number of esters is 1. The fourth-order valence-corrected chi connectivity index (χ4v) is 7.93. The second kappa shape index (κ2) is 17.2. The van der Waals surface area contributed by atoms with E-state index in [1.54, 1.807) is 0 Å². The molecule has 2 aliphatic rings. The van der Waals surface area contributed by atoms with Gasteiger partial charge < -0.3 is 28.8 Å². The van der Waals surface area contributed by atoms with Crippen molar-refractivity contribution in [3.8, 4) is 11.1 Å². The number of rotatable bonds is 16. The van der Waals surface area contributed by atoms with Crippen LogP contribution in [0.5, 0.6) is 0 Å². The van der Waals surface area contributed by atoms with Gasteiger partial charge in [-0.2, -0.15) is 4.79 Å². The Hall–Kier alpha value is -5.69. The van der Waals surface area contributed by atoms with Crippen LogP contribution < -0.4 is 0 Å². The lowest BCUT2D eigenvalue weighted by Gasteiger charge is -2.45. The van der Waals surface area contributed by atoms with Gasteiger partial charge in [-0.1, -0.05) is 144 Å². The molecule has 1 amide bonds. The van der Waals surface area contributed by atoms with E-state index in [-0.39, 0.29) is 25.6 Å². The molecular weight excluding hydrogens is 727 g/mol. The fraction of sp³-hybridized carbons (Fsp3) is 0.283. The molecule has 0 spiro atoms. The molecule has 1 N–H and O–H groups in total. The van der Waals surface area contributed by atoms with Crippen LogP contribution in [0.3, 0.4) is 0 Å². The number of quaternary nitrogens is 1. The Morgan fingerprint density at radius 1 is 0.667 bits per heavy atom. The van der Waals surface area contributed by atoms with E-state index in [2.05, 4.69) is 12.1 Å². The smallest absolute Gasteiger partial charge is 0.481 e. The van der Waals surface area contributed by atoms with Crippen molar-refractivity contribution in [1.29, 1.82) is 0 Å². The Morgan fingerprint density at radius 2 is 1.12 bits per heavy atom. The second-order valence-corrected chi connectivity index (χ2v) is 14.1. The van der Waals surface area contributed by atoms with Gasteiger partial charge in [-0.25, -0.2) is 0 Å². The van der Waals surface area contributed by atoms with Crippen LogP contribution in [0.1, 0.15) is 59.4 Å². The van der Waals surface area contributed by atoms with Crippen molar-refractivity contribution in [2.45, 2.75) is 49.5 Å². The molecule has 1 aliphatic heterocycles. The molecule has 294 valence electrons. The Labute approximate surface area is 331 Å². The number of amides is 1. The maximum absolute atomic E-state index is 14.5. The molecule has 7 rings (SSSR count). The normalized spacial score (nSPS) is 15.3. The molecule has 5 aromatic rings. The molecule has 11 nitrogen and oxygen atoms in total. The number of hydrogen-bond donors (Lipinski definition) is 1. The Morgan fingerprint density at radius 3 is 1.58 bits per heavy atom. The first-order chi connectivity index (χ1) is 27.7. The SMILES string of the molecule is COC(OC)(OC(c1ccccc1)(c1ccccc1)c1ccccc1)C(OC(=O)CCC(=O)O)O[N+]1(C(=O)OCC2c3ccccc3-c3ccccc32)CCCC1. The third-order valence-electron chi connectivity index (χ3n) is 10.7. The van der Waals surface area contributed by atoms with Gasteiger partial charge in [-0.3, -0.25) is 9.59 Å². The van der Waals surface area contributed by atoms with E-state index in [1.807, 2.05) is 127 Å². The highest BCUT2D eigenvalue weighted by molar-refractivity contribution is 5.79. The number of aliphatic carboxylic acids is 1. The van der Waals surface area contributed by atoms with Crippen molar-refractivity contribution in [2.24, 2.45) is 0 Å². The number of carbonyl (C=O) groups is 3. The molecular formula is C46H46NO10+. The van der Waals surface area contributed by atoms with Gasteiger partial charge in [0.05, 0.1) is 12.8 Å². The third-order valence-corrected chi connectivity index (χ3v) is 10.7. The summed E-state index contributed by atoms with van der Waals surface area (Å²) in [5.41, 5.74) is 4.83. The monoisotopic (exact) mass is 772 g/mol. The standard InChI is InChI=1S/C46H45NO10/c1-52-46(53-2,57-45(33-18-6-3-7-19-33,34-20-8-4-9-21-34)35-22-10-5-11-23-35)43(55-42(50)29-28-41(48)49)56-47(30-16-17-31-47)44(51)54-32-40-38-26-14-12-24-36(38)37-25-13-15-27-39(37)40/h3-15,18-27,40,43H,16-17,28-32H2,1-2H3/p+1. The average molecular weight is 773 g/mol. The number of likely N-dealkylation sites (tertiary alicyclic amines) is 1. The Kier molecular flexibility index (Phi) is 11.9. The molecule has 11 heteroatoms. The van der Waals surface area contributed by atoms with Gasteiger partial charge in [-0.05, 0) is 38.9 Å². The topological polar surface area (TPSA) is 127 Å². The van der Waals surface area contributed by atoms with Gasteiger partial charge in [0.15, 0.2) is 0 Å². The van der Waals surface area contributed by atoms with E-state index in [1.165, 1.54) is 14.2 Å². The number of carboxylic acids is 1. The quantitative estimate of drug-likeness (QED) is 0.0454. The van der Waals surface area contributed by atoms with Crippen molar-refractivity contribution in [3.63, 3.8) is 0 Å². The van der Waals surface area contributed by atoms with Gasteiger partial charge in [0.2, 0.25) is 0 Å². The predicted molar refractivity (Wildman–Crippen MR) is 209 cm³/mol. The summed E-state index contributed by atoms with van der Waals surface area (Å²) >= 11 is 0. The second-order valence-electron chi connectivity index (χ2n) is 14.1. The van der Waals surface area contributed by atoms with E-state index in [4.69, 9.17) is 28.5 Å². The predicted octanol–water partition coefficient (Wildman–Crippen LogP) is 8.17. The highest BCUT2D eigenvalue weighted by Gasteiger charge is 2.59. The van der Waals surface area contributed by atoms with Crippen LogP contribution in [-0.4, -0.2) is 74.0 Å². The molecule has 1 aliphatic carbocycles. The molecule has 1 unspecified atom stereocenters. The Balaban J connectivity index is 1.29.